The second-order valence-corrected chi connectivity index (χ2v) is 11.2. The molecule has 0 aliphatic heterocycles. The van der Waals surface area contributed by atoms with Crippen LogP contribution in [0.1, 0.15) is 11.3 Å². The maximum atomic E-state index is 12.2. The van der Waals surface area contributed by atoms with Gasteiger partial charge in [-0.05, 0) is 48.1 Å². The lowest BCUT2D eigenvalue weighted by molar-refractivity contribution is 0.204. The summed E-state index contributed by atoms with van der Waals surface area (Å²) in [6.07, 6.45) is 0.561. The molecule has 4 aromatic heterocycles. The number of ether oxygens (including phenoxy) is 3. The lowest BCUT2D eigenvalue weighted by Crippen LogP contribution is -2.24. The molecule has 0 spiro atoms. The Balaban J connectivity index is 1.29. The number of nitrogens with zero attached hydrogens (tertiary/aromatic N) is 5. The Bertz CT molecular complexity index is 1880. The zero-order chi connectivity index (χ0) is 28.0. The minimum absolute atomic E-state index is 0.103. The summed E-state index contributed by atoms with van der Waals surface area (Å²) in [5.41, 5.74) is 3.13. The number of fused-ring (bicyclic) bond motifs is 2. The van der Waals surface area contributed by atoms with Crippen molar-refractivity contribution in [1.29, 1.82) is 0 Å². The Hall–Kier alpha value is -4.14. The SMILES string of the molecule is COc1cc(OCc2csc(N(C(=O)O)c3ccc(Br)cc3C)n2)c2cc(-c3cnc4sc(OC)nn34)oc2c1. The number of methoxy groups -OCH3 is 2. The number of furan rings is 1. The molecule has 0 fully saturated rings. The Labute approximate surface area is 243 Å². The molecule has 0 aliphatic rings. The van der Waals surface area contributed by atoms with Gasteiger partial charge >= 0.3 is 6.09 Å². The monoisotopic (exact) mass is 641 g/mol. The quantitative estimate of drug-likeness (QED) is 0.184. The first-order valence-electron chi connectivity index (χ1n) is 11.7. The van der Waals surface area contributed by atoms with E-state index in [1.807, 2.05) is 19.1 Å². The fraction of sp³-hybridized carbons (Fsp3) is 0.154. The summed E-state index contributed by atoms with van der Waals surface area (Å²) in [5, 5.41) is 17.7. The van der Waals surface area contributed by atoms with Gasteiger partial charge in [0.25, 0.3) is 5.19 Å². The lowest BCUT2D eigenvalue weighted by Gasteiger charge is -2.18. The van der Waals surface area contributed by atoms with Crippen LogP contribution in [0.4, 0.5) is 15.6 Å². The number of halogens is 1. The van der Waals surface area contributed by atoms with Gasteiger partial charge in [-0.2, -0.15) is 4.52 Å². The molecule has 2 aromatic carbocycles. The number of rotatable bonds is 8. The largest absolute Gasteiger partial charge is 0.496 e. The maximum Gasteiger partial charge on any atom is 0.418 e. The molecule has 14 heteroatoms. The summed E-state index contributed by atoms with van der Waals surface area (Å²) in [6.45, 7) is 1.95. The molecular formula is C26H20BrN5O6S2. The van der Waals surface area contributed by atoms with E-state index in [-0.39, 0.29) is 6.61 Å². The van der Waals surface area contributed by atoms with Crippen LogP contribution >= 0.6 is 38.6 Å². The molecule has 1 amide bonds. The van der Waals surface area contributed by atoms with E-state index in [9.17, 15) is 9.90 Å². The van der Waals surface area contributed by atoms with Gasteiger partial charge in [-0.1, -0.05) is 15.9 Å². The number of thiazole rings is 1. The van der Waals surface area contributed by atoms with E-state index in [1.165, 1.54) is 27.6 Å². The van der Waals surface area contributed by atoms with Crippen molar-refractivity contribution in [2.45, 2.75) is 13.5 Å². The number of carboxylic acid groups (broad SMARTS) is 1. The van der Waals surface area contributed by atoms with Crippen molar-refractivity contribution < 1.29 is 28.5 Å². The van der Waals surface area contributed by atoms with Crippen molar-refractivity contribution in [2.24, 2.45) is 0 Å². The molecule has 11 nitrogen and oxygen atoms in total. The van der Waals surface area contributed by atoms with E-state index >= 15 is 0 Å². The van der Waals surface area contributed by atoms with Crippen LogP contribution in [0.15, 0.2) is 56.9 Å². The summed E-state index contributed by atoms with van der Waals surface area (Å²) in [7, 11) is 3.12. The smallest absolute Gasteiger partial charge is 0.418 e. The molecule has 40 heavy (non-hydrogen) atoms. The van der Waals surface area contributed by atoms with E-state index in [0.29, 0.717) is 55.2 Å². The first-order valence-corrected chi connectivity index (χ1v) is 14.2. The van der Waals surface area contributed by atoms with Crippen LogP contribution in [0.2, 0.25) is 0 Å². The molecule has 6 aromatic rings. The minimum Gasteiger partial charge on any atom is -0.496 e. The van der Waals surface area contributed by atoms with Crippen molar-refractivity contribution in [3.63, 3.8) is 0 Å². The number of imidazole rings is 1. The number of anilines is 2. The zero-order valence-corrected chi connectivity index (χ0v) is 24.5. The van der Waals surface area contributed by atoms with Crippen LogP contribution < -0.4 is 19.1 Å². The van der Waals surface area contributed by atoms with E-state index in [0.717, 1.165) is 15.4 Å². The Morgan fingerprint density at radius 1 is 1.20 bits per heavy atom. The van der Waals surface area contributed by atoms with Gasteiger partial charge in [0.05, 0.1) is 37.2 Å². The van der Waals surface area contributed by atoms with Gasteiger partial charge in [-0.3, -0.25) is 0 Å². The van der Waals surface area contributed by atoms with E-state index < -0.39 is 6.09 Å². The highest BCUT2D eigenvalue weighted by Crippen LogP contribution is 2.39. The molecule has 0 aliphatic carbocycles. The zero-order valence-electron chi connectivity index (χ0n) is 21.2. The van der Waals surface area contributed by atoms with Crippen LogP contribution in [0.5, 0.6) is 16.7 Å². The fourth-order valence-corrected chi connectivity index (χ4v) is 6.13. The predicted octanol–water partition coefficient (Wildman–Crippen LogP) is 7.14. The predicted molar refractivity (Wildman–Crippen MR) is 155 cm³/mol. The number of hydrogen-bond donors (Lipinski definition) is 1. The minimum atomic E-state index is -1.13. The highest BCUT2D eigenvalue weighted by atomic mass is 79.9. The number of aromatic nitrogens is 4. The molecular weight excluding hydrogens is 622 g/mol. The number of hydrogen-bond acceptors (Lipinski definition) is 10. The summed E-state index contributed by atoms with van der Waals surface area (Å²) in [4.78, 5) is 22.9. The molecule has 0 atom stereocenters. The first-order chi connectivity index (χ1) is 19.3. The fourth-order valence-electron chi connectivity index (χ4n) is 4.15. The van der Waals surface area contributed by atoms with Crippen LogP contribution in [0.3, 0.4) is 0 Å². The Morgan fingerprint density at radius 3 is 2.80 bits per heavy atom. The van der Waals surface area contributed by atoms with Crippen molar-refractivity contribution in [3.8, 4) is 28.1 Å². The second kappa shape index (κ2) is 10.4. The normalized spacial score (nSPS) is 11.3. The second-order valence-electron chi connectivity index (χ2n) is 8.52. The maximum absolute atomic E-state index is 12.2. The first kappa shape index (κ1) is 26.1. The molecule has 204 valence electrons. The van der Waals surface area contributed by atoms with Crippen molar-refractivity contribution >= 4 is 71.4 Å². The van der Waals surface area contributed by atoms with Crippen molar-refractivity contribution in [2.75, 3.05) is 19.1 Å². The molecule has 1 N–H and O–H groups in total. The van der Waals surface area contributed by atoms with Crippen LogP contribution in [-0.4, -0.2) is 45.0 Å². The van der Waals surface area contributed by atoms with Crippen molar-refractivity contribution in [1.82, 2.24) is 19.6 Å². The van der Waals surface area contributed by atoms with Gasteiger partial charge in [0.15, 0.2) is 10.9 Å². The van der Waals surface area contributed by atoms with Crippen LogP contribution in [0.25, 0.3) is 27.4 Å². The van der Waals surface area contributed by atoms with Gasteiger partial charge in [0.1, 0.15) is 29.4 Å². The Morgan fingerprint density at radius 2 is 2.05 bits per heavy atom. The van der Waals surface area contributed by atoms with E-state index in [2.05, 4.69) is 31.0 Å². The highest BCUT2D eigenvalue weighted by Gasteiger charge is 2.23. The summed E-state index contributed by atoms with van der Waals surface area (Å²) >= 11 is 5.96. The lowest BCUT2D eigenvalue weighted by atomic mass is 10.2. The number of aryl methyl sites for hydroxylation is 1. The third-order valence-corrected chi connectivity index (χ3v) is 8.25. The average Bonchev–Trinajstić information content (AvgIpc) is 3.71. The van der Waals surface area contributed by atoms with Gasteiger partial charge in [-0.25, -0.2) is 19.7 Å². The Kier molecular flexibility index (Phi) is 6.82. The van der Waals surface area contributed by atoms with Crippen LogP contribution in [0, 0.1) is 6.92 Å². The molecule has 4 heterocycles. The topological polar surface area (TPSA) is 124 Å². The van der Waals surface area contributed by atoms with Gasteiger partial charge in [0, 0.05) is 22.0 Å². The number of carbonyl (C=O) groups is 1. The number of benzene rings is 2. The molecule has 0 bridgehead atoms. The molecule has 0 unspecified atom stereocenters. The van der Waals surface area contributed by atoms with Crippen molar-refractivity contribution in [3.05, 3.63) is 63.7 Å². The van der Waals surface area contributed by atoms with Gasteiger partial charge in [-0.15, -0.1) is 16.4 Å². The summed E-state index contributed by atoms with van der Waals surface area (Å²) < 4.78 is 25.5. The van der Waals surface area contributed by atoms with Gasteiger partial charge in [0.2, 0.25) is 4.96 Å². The molecule has 0 saturated carbocycles. The molecule has 0 saturated heterocycles. The summed E-state index contributed by atoms with van der Waals surface area (Å²) in [5.74, 6) is 1.62. The third kappa shape index (κ3) is 4.74. The average molecular weight is 643 g/mol. The molecule has 6 rings (SSSR count). The van der Waals surface area contributed by atoms with Gasteiger partial charge < -0.3 is 23.7 Å². The third-order valence-electron chi connectivity index (χ3n) is 6.00. The van der Waals surface area contributed by atoms with E-state index in [4.69, 9.17) is 18.6 Å². The highest BCUT2D eigenvalue weighted by molar-refractivity contribution is 9.10. The molecule has 0 radical (unpaired) electrons. The number of amides is 1. The summed E-state index contributed by atoms with van der Waals surface area (Å²) in [6, 6.07) is 10.8. The van der Waals surface area contributed by atoms with Crippen LogP contribution in [-0.2, 0) is 6.61 Å². The van der Waals surface area contributed by atoms with E-state index in [1.54, 1.807) is 54.6 Å². The standard InChI is InChI=1S/C26H20BrN5O6S2/c1-13-6-14(27)4-5-18(13)31(26(33)34)24-29-15(12-39-24)11-37-20-7-16(35-2)8-21-17(20)9-22(38-21)19-10-28-23-32(19)30-25(36-3)40-23/h4-10,12H,11H2,1-3H3,(H,33,34).